The topological polar surface area (TPSA) is 49.4 Å². The Hall–Kier alpha value is -1.36. The molecule has 0 unspecified atom stereocenters. The number of piperidine rings is 1. The van der Waals surface area contributed by atoms with E-state index < -0.39 is 5.41 Å². The Morgan fingerprint density at radius 2 is 1.86 bits per heavy atom. The number of aryl methyl sites for hydroxylation is 1. The second-order valence-electron chi connectivity index (χ2n) is 6.35. The van der Waals surface area contributed by atoms with Crippen LogP contribution in [0.1, 0.15) is 37.7 Å². The molecule has 1 aliphatic carbocycles. The number of halogens is 1. The number of hydrogen-bond donors (Lipinski definition) is 1. The molecule has 5 heteroatoms. The second-order valence-corrected chi connectivity index (χ2v) is 7.21. The van der Waals surface area contributed by atoms with Gasteiger partial charge in [-0.2, -0.15) is 0 Å². The molecule has 0 bridgehead atoms. The van der Waals surface area contributed by atoms with E-state index in [0.29, 0.717) is 12.8 Å². The fourth-order valence-electron chi connectivity index (χ4n) is 3.04. The Morgan fingerprint density at radius 1 is 1.18 bits per heavy atom. The molecule has 2 amide bonds. The summed E-state index contributed by atoms with van der Waals surface area (Å²) in [5.41, 5.74) is 1.01. The molecule has 118 valence electrons. The Bertz CT molecular complexity index is 605. The summed E-state index contributed by atoms with van der Waals surface area (Å²) in [5, 5.41) is 2.93. The van der Waals surface area contributed by atoms with Gasteiger partial charge in [-0.15, -0.1) is 0 Å². The molecule has 1 saturated carbocycles. The van der Waals surface area contributed by atoms with Crippen LogP contribution in [0.2, 0.25) is 0 Å². The molecule has 2 aliphatic rings. The first-order valence-corrected chi connectivity index (χ1v) is 8.69. The third kappa shape index (κ3) is 2.91. The van der Waals surface area contributed by atoms with Crippen molar-refractivity contribution in [2.24, 2.45) is 5.41 Å². The zero-order valence-electron chi connectivity index (χ0n) is 12.8. The Balaban J connectivity index is 1.70. The number of nitrogens with zero attached hydrogens (tertiary/aromatic N) is 1. The molecule has 1 aromatic carbocycles. The van der Waals surface area contributed by atoms with Crippen molar-refractivity contribution in [3.63, 3.8) is 0 Å². The van der Waals surface area contributed by atoms with E-state index in [9.17, 15) is 9.59 Å². The monoisotopic (exact) mass is 364 g/mol. The van der Waals surface area contributed by atoms with Crippen LogP contribution in [-0.4, -0.2) is 29.8 Å². The highest BCUT2D eigenvalue weighted by Crippen LogP contribution is 2.48. The number of carbonyl (C=O) groups is 2. The standard InChI is InChI=1S/C17H21BrN2O2/c1-12-11-13(5-6-14(12)18)19-15(21)17(7-8-17)16(22)20-9-3-2-4-10-20/h5-6,11H,2-4,7-10H2,1H3,(H,19,21). The van der Waals surface area contributed by atoms with E-state index >= 15 is 0 Å². The molecule has 1 saturated heterocycles. The molecule has 3 rings (SSSR count). The lowest BCUT2D eigenvalue weighted by atomic mass is 10.0. The second kappa shape index (κ2) is 6.03. The highest BCUT2D eigenvalue weighted by Gasteiger charge is 2.58. The zero-order valence-corrected chi connectivity index (χ0v) is 14.4. The van der Waals surface area contributed by atoms with E-state index in [-0.39, 0.29) is 11.8 Å². The van der Waals surface area contributed by atoms with Gasteiger partial charge in [-0.3, -0.25) is 9.59 Å². The molecule has 1 heterocycles. The van der Waals surface area contributed by atoms with Crippen molar-refractivity contribution in [2.75, 3.05) is 18.4 Å². The first-order valence-electron chi connectivity index (χ1n) is 7.90. The van der Waals surface area contributed by atoms with Gasteiger partial charge in [-0.25, -0.2) is 0 Å². The minimum absolute atomic E-state index is 0.0264. The van der Waals surface area contributed by atoms with Crippen molar-refractivity contribution in [1.29, 1.82) is 0 Å². The third-order valence-corrected chi connectivity index (χ3v) is 5.54. The van der Waals surface area contributed by atoms with Crippen LogP contribution in [0, 0.1) is 12.3 Å². The molecule has 1 N–H and O–H groups in total. The summed E-state index contributed by atoms with van der Waals surface area (Å²) in [7, 11) is 0. The highest BCUT2D eigenvalue weighted by atomic mass is 79.9. The molecule has 22 heavy (non-hydrogen) atoms. The van der Waals surface area contributed by atoms with Crippen molar-refractivity contribution in [1.82, 2.24) is 4.90 Å². The normalized spacial score (nSPS) is 19.6. The summed E-state index contributed by atoms with van der Waals surface area (Å²) in [6.45, 7) is 3.57. The van der Waals surface area contributed by atoms with Crippen molar-refractivity contribution < 1.29 is 9.59 Å². The maximum Gasteiger partial charge on any atom is 0.240 e. The SMILES string of the molecule is Cc1cc(NC(=O)C2(C(=O)N3CCCCC3)CC2)ccc1Br. The van der Waals surface area contributed by atoms with Crippen LogP contribution in [0.5, 0.6) is 0 Å². The molecule has 0 atom stereocenters. The molecule has 0 radical (unpaired) electrons. The smallest absolute Gasteiger partial charge is 0.240 e. The van der Waals surface area contributed by atoms with Gasteiger partial charge in [0.05, 0.1) is 0 Å². The number of likely N-dealkylation sites (tertiary alicyclic amines) is 1. The molecule has 0 spiro atoms. The summed E-state index contributed by atoms with van der Waals surface area (Å²) < 4.78 is 1.01. The molecule has 1 aromatic rings. The van der Waals surface area contributed by atoms with Crippen molar-refractivity contribution in [3.05, 3.63) is 28.2 Å². The quantitative estimate of drug-likeness (QED) is 0.834. The van der Waals surface area contributed by atoms with Crippen molar-refractivity contribution in [3.8, 4) is 0 Å². The van der Waals surface area contributed by atoms with Crippen molar-refractivity contribution in [2.45, 2.75) is 39.0 Å². The minimum atomic E-state index is -0.807. The van der Waals surface area contributed by atoms with Gasteiger partial charge in [-0.05, 0) is 62.8 Å². The number of amides is 2. The Labute approximate surface area is 139 Å². The van der Waals surface area contributed by atoms with Gasteiger partial charge in [0.1, 0.15) is 5.41 Å². The van der Waals surface area contributed by atoms with Gasteiger partial charge in [0.2, 0.25) is 11.8 Å². The first-order chi connectivity index (χ1) is 10.5. The molecule has 1 aliphatic heterocycles. The van der Waals surface area contributed by atoms with Gasteiger partial charge in [-0.1, -0.05) is 15.9 Å². The summed E-state index contributed by atoms with van der Waals surface area (Å²) in [4.78, 5) is 27.2. The zero-order chi connectivity index (χ0) is 15.7. The van der Waals surface area contributed by atoms with Gasteiger partial charge >= 0.3 is 0 Å². The largest absolute Gasteiger partial charge is 0.342 e. The summed E-state index contributed by atoms with van der Waals surface area (Å²) in [6.07, 6.45) is 4.62. The average Bonchev–Trinajstić information content (AvgIpc) is 3.33. The van der Waals surface area contributed by atoms with Crippen LogP contribution in [0.3, 0.4) is 0 Å². The fourth-order valence-corrected chi connectivity index (χ4v) is 3.28. The van der Waals surface area contributed by atoms with E-state index in [4.69, 9.17) is 0 Å². The maximum absolute atomic E-state index is 12.7. The number of rotatable bonds is 3. The average molecular weight is 365 g/mol. The number of anilines is 1. The molecular weight excluding hydrogens is 344 g/mol. The van der Waals surface area contributed by atoms with Gasteiger partial charge in [0.15, 0.2) is 0 Å². The van der Waals surface area contributed by atoms with Crippen LogP contribution < -0.4 is 5.32 Å². The Morgan fingerprint density at radius 3 is 2.45 bits per heavy atom. The summed E-state index contributed by atoms with van der Waals surface area (Å²) >= 11 is 3.45. The minimum Gasteiger partial charge on any atom is -0.342 e. The van der Waals surface area contributed by atoms with E-state index in [2.05, 4.69) is 21.2 Å². The number of nitrogens with one attached hydrogen (secondary N) is 1. The number of benzene rings is 1. The lowest BCUT2D eigenvalue weighted by Gasteiger charge is -2.30. The lowest BCUT2D eigenvalue weighted by Crippen LogP contribution is -2.45. The maximum atomic E-state index is 12.7. The Kier molecular flexibility index (Phi) is 4.26. The van der Waals surface area contributed by atoms with Gasteiger partial charge < -0.3 is 10.2 Å². The lowest BCUT2D eigenvalue weighted by molar-refractivity contribution is -0.143. The predicted octanol–water partition coefficient (Wildman–Crippen LogP) is 3.49. The highest BCUT2D eigenvalue weighted by molar-refractivity contribution is 9.10. The van der Waals surface area contributed by atoms with E-state index in [1.54, 1.807) is 0 Å². The van der Waals surface area contributed by atoms with E-state index in [0.717, 1.165) is 41.7 Å². The van der Waals surface area contributed by atoms with Crippen LogP contribution in [-0.2, 0) is 9.59 Å². The van der Waals surface area contributed by atoms with Gasteiger partial charge in [0, 0.05) is 23.2 Å². The van der Waals surface area contributed by atoms with E-state index in [1.165, 1.54) is 6.42 Å². The third-order valence-electron chi connectivity index (χ3n) is 4.65. The molecular formula is C17H21BrN2O2. The summed E-state index contributed by atoms with van der Waals surface area (Å²) in [5.74, 6) is -0.122. The molecule has 4 nitrogen and oxygen atoms in total. The van der Waals surface area contributed by atoms with Crippen LogP contribution >= 0.6 is 15.9 Å². The summed E-state index contributed by atoms with van der Waals surface area (Å²) in [6, 6.07) is 5.69. The molecule has 2 fully saturated rings. The van der Waals surface area contributed by atoms with Crippen LogP contribution in [0.25, 0.3) is 0 Å². The predicted molar refractivity (Wildman–Crippen MR) is 89.6 cm³/mol. The van der Waals surface area contributed by atoms with Crippen LogP contribution in [0.4, 0.5) is 5.69 Å². The van der Waals surface area contributed by atoms with Gasteiger partial charge in [0.25, 0.3) is 0 Å². The van der Waals surface area contributed by atoms with E-state index in [1.807, 2.05) is 30.0 Å². The number of hydrogen-bond acceptors (Lipinski definition) is 2. The fraction of sp³-hybridized carbons (Fsp3) is 0.529. The molecule has 0 aromatic heterocycles. The number of carbonyl (C=O) groups excluding carboxylic acids is 2. The van der Waals surface area contributed by atoms with Crippen molar-refractivity contribution >= 4 is 33.4 Å². The van der Waals surface area contributed by atoms with Crippen LogP contribution in [0.15, 0.2) is 22.7 Å². The first kappa shape index (κ1) is 15.5.